The van der Waals surface area contributed by atoms with E-state index in [1.165, 1.54) is 0 Å². The van der Waals surface area contributed by atoms with Crippen molar-refractivity contribution in [2.45, 2.75) is 92.3 Å². The van der Waals surface area contributed by atoms with E-state index in [-0.39, 0.29) is 35.3 Å². The van der Waals surface area contributed by atoms with Gasteiger partial charge in [0.15, 0.2) is 0 Å². The predicted octanol–water partition coefficient (Wildman–Crippen LogP) is 2.74. The Balaban J connectivity index is -0.000000256. The van der Waals surface area contributed by atoms with Crippen LogP contribution in [0.5, 0.6) is 0 Å². The molecule has 0 N–H and O–H groups in total. The molecule has 2 nitrogen and oxygen atoms in total. The van der Waals surface area contributed by atoms with E-state index in [0.29, 0.717) is 11.8 Å². The molecule has 2 unspecified atom stereocenters. The smallest absolute Gasteiger partial charge is 0.852 e. The van der Waals surface area contributed by atoms with E-state index in [1.807, 2.05) is 0 Å². The van der Waals surface area contributed by atoms with E-state index in [0.717, 1.165) is 38.5 Å². The SMILES string of the molecule is CCCC([O-])CC(C)C.CCCC([O-])CC(C)C.[Mg+2]. The van der Waals surface area contributed by atoms with Gasteiger partial charge >= 0.3 is 23.1 Å². The molecule has 0 spiro atoms. The normalized spacial score (nSPS) is 13.6. The molecule has 0 radical (unpaired) electrons. The first-order valence-corrected chi connectivity index (χ1v) is 7.64. The van der Waals surface area contributed by atoms with Crippen LogP contribution in [-0.4, -0.2) is 35.3 Å². The Morgan fingerprint density at radius 3 is 1.11 bits per heavy atom. The molecule has 0 aliphatic heterocycles. The van der Waals surface area contributed by atoms with Crippen LogP contribution in [0.25, 0.3) is 0 Å². The zero-order valence-corrected chi connectivity index (χ0v) is 15.5. The van der Waals surface area contributed by atoms with Crippen molar-refractivity contribution in [2.24, 2.45) is 11.8 Å². The third kappa shape index (κ3) is 24.1. The van der Waals surface area contributed by atoms with Gasteiger partial charge < -0.3 is 10.2 Å². The van der Waals surface area contributed by atoms with E-state index in [9.17, 15) is 10.2 Å². The van der Waals surface area contributed by atoms with Crippen molar-refractivity contribution >= 4 is 23.1 Å². The van der Waals surface area contributed by atoms with Crippen LogP contribution < -0.4 is 10.2 Å². The Bertz CT molecular complexity index is 143. The van der Waals surface area contributed by atoms with Gasteiger partial charge in [-0.2, -0.15) is 0 Å². The fourth-order valence-electron chi connectivity index (χ4n) is 1.93. The van der Waals surface area contributed by atoms with Gasteiger partial charge in [0, 0.05) is 0 Å². The third-order valence-electron chi connectivity index (χ3n) is 2.69. The summed E-state index contributed by atoms with van der Waals surface area (Å²) in [4.78, 5) is 0. The summed E-state index contributed by atoms with van der Waals surface area (Å²) in [5.74, 6) is 1.14. The van der Waals surface area contributed by atoms with Gasteiger partial charge in [0.25, 0.3) is 0 Å². The Labute approximate surface area is 137 Å². The van der Waals surface area contributed by atoms with Crippen LogP contribution in [0.15, 0.2) is 0 Å². The van der Waals surface area contributed by atoms with Crippen LogP contribution in [0.1, 0.15) is 80.1 Å². The number of rotatable bonds is 8. The minimum absolute atomic E-state index is 0. The summed E-state index contributed by atoms with van der Waals surface area (Å²) in [5, 5.41) is 21.9. The molecule has 0 saturated heterocycles. The van der Waals surface area contributed by atoms with Crippen molar-refractivity contribution in [3.8, 4) is 0 Å². The summed E-state index contributed by atoms with van der Waals surface area (Å²) < 4.78 is 0. The Morgan fingerprint density at radius 1 is 0.684 bits per heavy atom. The minimum atomic E-state index is -0.310. The van der Waals surface area contributed by atoms with Gasteiger partial charge in [-0.3, -0.25) is 0 Å². The molecule has 0 aromatic rings. The van der Waals surface area contributed by atoms with Crippen LogP contribution in [0.4, 0.5) is 0 Å². The van der Waals surface area contributed by atoms with Crippen LogP contribution >= 0.6 is 0 Å². The second-order valence-electron chi connectivity index (χ2n) is 6.08. The van der Waals surface area contributed by atoms with E-state index < -0.39 is 0 Å². The molecule has 0 heterocycles. The largest absolute Gasteiger partial charge is 2.00 e. The van der Waals surface area contributed by atoms with Crippen molar-refractivity contribution in [3.63, 3.8) is 0 Å². The van der Waals surface area contributed by atoms with Crippen LogP contribution in [-0.2, 0) is 0 Å². The number of hydrogen-bond donors (Lipinski definition) is 0. The Morgan fingerprint density at radius 2 is 0.947 bits per heavy atom. The first-order chi connectivity index (χ1) is 8.33. The van der Waals surface area contributed by atoms with Gasteiger partial charge in [-0.05, 0) is 11.8 Å². The van der Waals surface area contributed by atoms with Gasteiger partial charge in [0.1, 0.15) is 0 Å². The van der Waals surface area contributed by atoms with Gasteiger partial charge in [0.2, 0.25) is 0 Å². The van der Waals surface area contributed by atoms with Gasteiger partial charge in [-0.15, -0.1) is 12.2 Å². The second-order valence-corrected chi connectivity index (χ2v) is 6.08. The summed E-state index contributed by atoms with van der Waals surface area (Å²) in [6, 6.07) is 0. The maximum absolute atomic E-state index is 10.9. The molecule has 112 valence electrons. The number of hydrogen-bond acceptors (Lipinski definition) is 2. The van der Waals surface area contributed by atoms with Crippen molar-refractivity contribution in [2.75, 3.05) is 0 Å². The standard InChI is InChI=1S/2C8H17O.Mg/c2*1-4-5-8(9)6-7(2)3;/h2*7-8H,4-6H2,1-3H3;/q2*-1;+2. The molecular weight excluding hydrogens is 248 g/mol. The molecule has 0 aromatic carbocycles. The summed E-state index contributed by atoms with van der Waals surface area (Å²) in [5.41, 5.74) is 0. The summed E-state index contributed by atoms with van der Waals surface area (Å²) >= 11 is 0. The van der Waals surface area contributed by atoms with Gasteiger partial charge in [0.05, 0.1) is 0 Å². The second kappa shape index (κ2) is 16.7. The van der Waals surface area contributed by atoms with Gasteiger partial charge in [-0.1, -0.05) is 80.1 Å². The fourth-order valence-corrected chi connectivity index (χ4v) is 1.93. The summed E-state index contributed by atoms with van der Waals surface area (Å²) in [7, 11) is 0. The van der Waals surface area contributed by atoms with Gasteiger partial charge in [-0.25, -0.2) is 0 Å². The van der Waals surface area contributed by atoms with E-state index in [1.54, 1.807) is 0 Å². The van der Waals surface area contributed by atoms with Crippen LogP contribution in [0.2, 0.25) is 0 Å². The molecule has 19 heavy (non-hydrogen) atoms. The molecule has 0 fully saturated rings. The molecule has 0 rings (SSSR count). The zero-order valence-electron chi connectivity index (χ0n) is 14.1. The zero-order chi connectivity index (χ0) is 14.6. The first kappa shape index (κ1) is 24.7. The maximum Gasteiger partial charge on any atom is 2.00 e. The molecule has 3 heteroatoms. The molecule has 0 bridgehead atoms. The van der Waals surface area contributed by atoms with E-state index >= 15 is 0 Å². The van der Waals surface area contributed by atoms with Crippen LogP contribution in [0, 0.1) is 11.8 Å². The van der Waals surface area contributed by atoms with Crippen molar-refractivity contribution in [1.82, 2.24) is 0 Å². The van der Waals surface area contributed by atoms with Crippen molar-refractivity contribution in [1.29, 1.82) is 0 Å². The fraction of sp³-hybridized carbons (Fsp3) is 1.00. The molecule has 0 amide bonds. The quantitative estimate of drug-likeness (QED) is 0.643. The summed E-state index contributed by atoms with van der Waals surface area (Å²) in [6.45, 7) is 12.5. The average Bonchev–Trinajstić information content (AvgIpc) is 2.16. The average molecular weight is 283 g/mol. The van der Waals surface area contributed by atoms with Crippen LogP contribution in [0.3, 0.4) is 0 Å². The van der Waals surface area contributed by atoms with Crippen molar-refractivity contribution < 1.29 is 10.2 Å². The Hall–Kier alpha value is 0.686. The van der Waals surface area contributed by atoms with Crippen molar-refractivity contribution in [3.05, 3.63) is 0 Å². The summed E-state index contributed by atoms with van der Waals surface area (Å²) in [6.07, 6.45) is 4.81. The monoisotopic (exact) mass is 282 g/mol. The topological polar surface area (TPSA) is 46.1 Å². The van der Waals surface area contributed by atoms with E-state index in [4.69, 9.17) is 0 Å². The maximum atomic E-state index is 10.9. The molecular formula is C16H34MgO2. The molecule has 0 aliphatic rings. The molecule has 0 saturated carbocycles. The molecule has 2 atom stereocenters. The molecule has 0 aliphatic carbocycles. The minimum Gasteiger partial charge on any atom is -0.852 e. The molecule has 0 aromatic heterocycles. The van der Waals surface area contributed by atoms with E-state index in [2.05, 4.69) is 41.5 Å². The predicted molar refractivity (Wildman–Crippen MR) is 82.1 cm³/mol. The Kier molecular flexibility index (Phi) is 21.8. The first-order valence-electron chi connectivity index (χ1n) is 7.64. The third-order valence-corrected chi connectivity index (χ3v) is 2.69.